The first-order valence-corrected chi connectivity index (χ1v) is 8.02. The lowest BCUT2D eigenvalue weighted by atomic mass is 9.82. The van der Waals surface area contributed by atoms with Crippen molar-refractivity contribution >= 4 is 0 Å². The summed E-state index contributed by atoms with van der Waals surface area (Å²) < 4.78 is 0. The van der Waals surface area contributed by atoms with E-state index in [1.54, 1.807) is 0 Å². The van der Waals surface area contributed by atoms with Gasteiger partial charge >= 0.3 is 0 Å². The number of hydrogen-bond donors (Lipinski definition) is 1. The van der Waals surface area contributed by atoms with E-state index in [-0.39, 0.29) is 0 Å². The number of aromatic nitrogens is 1. The molecule has 0 bridgehead atoms. The van der Waals surface area contributed by atoms with E-state index < -0.39 is 0 Å². The number of rotatable bonds is 7. The molecule has 19 heavy (non-hydrogen) atoms. The normalized spacial score (nSPS) is 18.4. The summed E-state index contributed by atoms with van der Waals surface area (Å²) in [7, 11) is 0. The van der Waals surface area contributed by atoms with Gasteiger partial charge < -0.3 is 5.32 Å². The first-order valence-electron chi connectivity index (χ1n) is 8.02. The smallest absolute Gasteiger partial charge is 0.0299 e. The van der Waals surface area contributed by atoms with Crippen molar-refractivity contribution in [2.45, 2.75) is 64.3 Å². The van der Waals surface area contributed by atoms with Gasteiger partial charge in [0.1, 0.15) is 0 Å². The van der Waals surface area contributed by atoms with Gasteiger partial charge in [-0.1, -0.05) is 32.3 Å². The Labute approximate surface area is 118 Å². The van der Waals surface area contributed by atoms with Gasteiger partial charge in [-0.25, -0.2) is 0 Å². The zero-order valence-corrected chi connectivity index (χ0v) is 12.3. The number of nitrogens with one attached hydrogen (secondary N) is 1. The Hall–Kier alpha value is -0.890. The van der Waals surface area contributed by atoms with E-state index in [0.717, 1.165) is 18.9 Å². The van der Waals surface area contributed by atoms with Gasteiger partial charge in [0.2, 0.25) is 0 Å². The van der Waals surface area contributed by atoms with Gasteiger partial charge in [-0.05, 0) is 56.2 Å². The molecule has 106 valence electrons. The van der Waals surface area contributed by atoms with Gasteiger partial charge in [-0.3, -0.25) is 4.98 Å². The molecule has 1 aliphatic carbocycles. The zero-order chi connectivity index (χ0) is 13.3. The van der Waals surface area contributed by atoms with Crippen LogP contribution in [0.3, 0.4) is 0 Å². The predicted molar refractivity (Wildman–Crippen MR) is 81.2 cm³/mol. The quantitative estimate of drug-likeness (QED) is 0.802. The molecular formula is C17H28N2. The van der Waals surface area contributed by atoms with Gasteiger partial charge in [0.25, 0.3) is 0 Å². The van der Waals surface area contributed by atoms with Crippen LogP contribution in [-0.4, -0.2) is 17.6 Å². The highest BCUT2D eigenvalue weighted by atomic mass is 14.9. The SMILES string of the molecule is CCCNC(CCc1cccnc1)C1CCCCC1. The molecule has 0 aromatic carbocycles. The molecule has 1 atom stereocenters. The predicted octanol–water partition coefficient (Wildman–Crippen LogP) is 3.96. The van der Waals surface area contributed by atoms with Crippen molar-refractivity contribution in [2.24, 2.45) is 5.92 Å². The van der Waals surface area contributed by atoms with E-state index in [4.69, 9.17) is 0 Å². The van der Waals surface area contributed by atoms with Crippen LogP contribution in [0.5, 0.6) is 0 Å². The highest BCUT2D eigenvalue weighted by Gasteiger charge is 2.22. The molecule has 1 aromatic heterocycles. The van der Waals surface area contributed by atoms with Crippen LogP contribution in [0.2, 0.25) is 0 Å². The molecule has 1 N–H and O–H groups in total. The lowest BCUT2D eigenvalue weighted by Gasteiger charge is -2.31. The molecule has 1 heterocycles. The minimum atomic E-state index is 0.709. The van der Waals surface area contributed by atoms with E-state index >= 15 is 0 Å². The average molecular weight is 260 g/mol. The third-order valence-corrected chi connectivity index (χ3v) is 4.34. The maximum Gasteiger partial charge on any atom is 0.0299 e. The van der Waals surface area contributed by atoms with Crippen molar-refractivity contribution in [3.63, 3.8) is 0 Å². The molecule has 0 aliphatic heterocycles. The molecule has 0 amide bonds. The van der Waals surface area contributed by atoms with E-state index in [9.17, 15) is 0 Å². The summed E-state index contributed by atoms with van der Waals surface area (Å²) >= 11 is 0. The fourth-order valence-corrected chi connectivity index (χ4v) is 3.24. The molecule has 2 nitrogen and oxygen atoms in total. The van der Waals surface area contributed by atoms with Gasteiger partial charge in [0, 0.05) is 18.4 Å². The highest BCUT2D eigenvalue weighted by Crippen LogP contribution is 2.28. The molecule has 1 aromatic rings. The summed E-state index contributed by atoms with van der Waals surface area (Å²) in [6.07, 6.45) is 14.7. The Morgan fingerprint density at radius 1 is 1.32 bits per heavy atom. The molecule has 1 saturated carbocycles. The maximum atomic E-state index is 4.22. The van der Waals surface area contributed by atoms with Crippen LogP contribution in [0, 0.1) is 5.92 Å². The molecule has 0 saturated heterocycles. The number of pyridine rings is 1. The van der Waals surface area contributed by atoms with Gasteiger partial charge in [-0.15, -0.1) is 0 Å². The fraction of sp³-hybridized carbons (Fsp3) is 0.706. The first kappa shape index (κ1) is 14.5. The fourth-order valence-electron chi connectivity index (χ4n) is 3.24. The third kappa shape index (κ3) is 4.94. The van der Waals surface area contributed by atoms with Gasteiger partial charge in [0.05, 0.1) is 0 Å². The molecule has 1 fully saturated rings. The molecule has 1 aliphatic rings. The number of hydrogen-bond acceptors (Lipinski definition) is 2. The van der Waals surface area contributed by atoms with Crippen molar-refractivity contribution in [1.29, 1.82) is 0 Å². The zero-order valence-electron chi connectivity index (χ0n) is 12.3. The topological polar surface area (TPSA) is 24.9 Å². The van der Waals surface area contributed by atoms with Gasteiger partial charge in [-0.2, -0.15) is 0 Å². The second-order valence-electron chi connectivity index (χ2n) is 5.86. The van der Waals surface area contributed by atoms with E-state index in [1.165, 1.54) is 50.5 Å². The van der Waals surface area contributed by atoms with Crippen molar-refractivity contribution in [1.82, 2.24) is 10.3 Å². The Kier molecular flexibility index (Phi) is 6.35. The Bertz CT molecular complexity index is 330. The van der Waals surface area contributed by atoms with E-state index in [2.05, 4.69) is 23.3 Å². The lowest BCUT2D eigenvalue weighted by Crippen LogP contribution is -2.38. The van der Waals surface area contributed by atoms with E-state index in [1.807, 2.05) is 18.5 Å². The van der Waals surface area contributed by atoms with Crippen LogP contribution in [-0.2, 0) is 6.42 Å². The van der Waals surface area contributed by atoms with Crippen molar-refractivity contribution < 1.29 is 0 Å². The van der Waals surface area contributed by atoms with E-state index in [0.29, 0.717) is 6.04 Å². The van der Waals surface area contributed by atoms with Crippen LogP contribution in [0.15, 0.2) is 24.5 Å². The molecule has 2 rings (SSSR count). The summed E-state index contributed by atoms with van der Waals surface area (Å²) in [4.78, 5) is 4.22. The Morgan fingerprint density at radius 2 is 2.16 bits per heavy atom. The Morgan fingerprint density at radius 3 is 2.84 bits per heavy atom. The summed E-state index contributed by atoms with van der Waals surface area (Å²) in [6.45, 7) is 3.42. The Balaban J connectivity index is 1.85. The van der Waals surface area contributed by atoms with Crippen LogP contribution in [0.4, 0.5) is 0 Å². The second kappa shape index (κ2) is 8.31. The maximum absolute atomic E-state index is 4.22. The largest absolute Gasteiger partial charge is 0.314 e. The molecule has 0 spiro atoms. The minimum Gasteiger partial charge on any atom is -0.314 e. The summed E-state index contributed by atoms with van der Waals surface area (Å²) in [5, 5.41) is 3.79. The standard InChI is InChI=1S/C17H28N2/c1-2-12-19-17(16-8-4-3-5-9-16)11-10-15-7-6-13-18-14-15/h6-7,13-14,16-17,19H,2-5,8-12H2,1H3. The molecular weight excluding hydrogens is 232 g/mol. The lowest BCUT2D eigenvalue weighted by molar-refractivity contribution is 0.258. The molecule has 0 radical (unpaired) electrons. The monoisotopic (exact) mass is 260 g/mol. The third-order valence-electron chi connectivity index (χ3n) is 4.34. The van der Waals surface area contributed by atoms with Crippen LogP contribution >= 0.6 is 0 Å². The average Bonchev–Trinajstić information content (AvgIpc) is 2.49. The second-order valence-corrected chi connectivity index (χ2v) is 5.86. The van der Waals surface area contributed by atoms with Gasteiger partial charge in [0.15, 0.2) is 0 Å². The summed E-state index contributed by atoms with van der Waals surface area (Å²) in [5.74, 6) is 0.900. The van der Waals surface area contributed by atoms with Crippen LogP contribution < -0.4 is 5.32 Å². The van der Waals surface area contributed by atoms with Crippen molar-refractivity contribution in [2.75, 3.05) is 6.54 Å². The first-order chi connectivity index (χ1) is 9.40. The summed E-state index contributed by atoms with van der Waals surface area (Å²) in [5.41, 5.74) is 1.38. The molecule has 2 heteroatoms. The van der Waals surface area contributed by atoms with Crippen LogP contribution in [0.25, 0.3) is 0 Å². The van der Waals surface area contributed by atoms with Crippen molar-refractivity contribution in [3.05, 3.63) is 30.1 Å². The number of aryl methyl sites for hydroxylation is 1. The highest BCUT2D eigenvalue weighted by molar-refractivity contribution is 5.08. The van der Waals surface area contributed by atoms with Crippen molar-refractivity contribution in [3.8, 4) is 0 Å². The summed E-state index contributed by atoms with van der Waals surface area (Å²) in [6, 6.07) is 4.95. The minimum absolute atomic E-state index is 0.709. The number of nitrogens with zero attached hydrogens (tertiary/aromatic N) is 1. The van der Waals surface area contributed by atoms with Crippen LogP contribution in [0.1, 0.15) is 57.4 Å². The molecule has 1 unspecified atom stereocenters.